The number of hydrogen-bond donors (Lipinski definition) is 2. The Hall–Kier alpha value is -3.36. The molecule has 2 aromatic carbocycles. The summed E-state index contributed by atoms with van der Waals surface area (Å²) >= 11 is 0. The minimum Gasteiger partial charge on any atom is -0.310 e. The predicted octanol–water partition coefficient (Wildman–Crippen LogP) is 4.26. The molecule has 5 heteroatoms. The zero-order chi connectivity index (χ0) is 20.1. The molecule has 0 radical (unpaired) electrons. The van der Waals surface area contributed by atoms with E-state index in [1.165, 1.54) is 0 Å². The Bertz CT molecular complexity index is 1000. The van der Waals surface area contributed by atoms with E-state index < -0.39 is 0 Å². The van der Waals surface area contributed by atoms with Crippen molar-refractivity contribution in [2.45, 2.75) is 26.8 Å². The number of aromatic nitrogens is 1. The fraction of sp³-hybridized carbons (Fsp3) is 0.217. The summed E-state index contributed by atoms with van der Waals surface area (Å²) in [5.74, 6) is 0.330. The lowest BCUT2D eigenvalue weighted by atomic mass is 10.1. The Balaban J connectivity index is 1.81. The minimum absolute atomic E-state index is 0.0479. The molecule has 1 aromatic heterocycles. The molecule has 2 N–H and O–H groups in total. The number of benzene rings is 2. The second-order valence-corrected chi connectivity index (χ2v) is 6.78. The first-order valence-corrected chi connectivity index (χ1v) is 9.28. The average molecular weight is 372 g/mol. The van der Waals surface area contributed by atoms with Gasteiger partial charge in [0.1, 0.15) is 11.9 Å². The number of nitrogens with one attached hydrogen (secondary N) is 2. The predicted molar refractivity (Wildman–Crippen MR) is 111 cm³/mol. The highest BCUT2D eigenvalue weighted by Gasteiger charge is 2.20. The van der Waals surface area contributed by atoms with E-state index in [0.717, 1.165) is 22.5 Å². The van der Waals surface area contributed by atoms with Gasteiger partial charge in [-0.1, -0.05) is 48.5 Å². The van der Waals surface area contributed by atoms with Gasteiger partial charge in [-0.2, -0.15) is 5.26 Å². The molecule has 28 heavy (non-hydrogen) atoms. The third kappa shape index (κ3) is 3.98. The lowest BCUT2D eigenvalue weighted by Crippen LogP contribution is -2.31. The first-order valence-electron chi connectivity index (χ1n) is 9.28. The molecule has 5 nitrogen and oxygen atoms in total. The van der Waals surface area contributed by atoms with Gasteiger partial charge in [0, 0.05) is 17.4 Å². The Labute approximate surface area is 165 Å². The maximum atomic E-state index is 12.6. The van der Waals surface area contributed by atoms with Crippen molar-refractivity contribution in [1.82, 2.24) is 9.88 Å². The standard InChI is InChI=1S/C23H24N4O/c1-16-18(3)27(20-12-8-5-9-13-20)23(21(16)14-24)26-22(28)15-25-17(2)19-10-6-4-7-11-19/h4-13,17,25H,15H2,1-3H3,(H,26,28). The molecule has 1 heterocycles. The number of para-hydroxylation sites is 1. The van der Waals surface area contributed by atoms with Gasteiger partial charge in [-0.25, -0.2) is 0 Å². The number of amides is 1. The SMILES string of the molecule is Cc1c(C#N)c(NC(=O)CNC(C)c2ccccc2)n(-c2ccccc2)c1C. The molecule has 0 fully saturated rings. The average Bonchev–Trinajstić information content (AvgIpc) is 2.96. The van der Waals surface area contributed by atoms with Gasteiger partial charge < -0.3 is 10.6 Å². The second kappa shape index (κ2) is 8.55. The molecule has 0 saturated heterocycles. The molecule has 0 saturated carbocycles. The maximum absolute atomic E-state index is 12.6. The van der Waals surface area contributed by atoms with Crippen molar-refractivity contribution in [3.05, 3.63) is 83.0 Å². The van der Waals surface area contributed by atoms with E-state index in [9.17, 15) is 10.1 Å². The number of rotatable bonds is 6. The summed E-state index contributed by atoms with van der Waals surface area (Å²) in [5.41, 5.74) is 4.32. The topological polar surface area (TPSA) is 69.8 Å². The number of nitrogens with zero attached hydrogens (tertiary/aromatic N) is 2. The lowest BCUT2D eigenvalue weighted by molar-refractivity contribution is -0.115. The van der Waals surface area contributed by atoms with Crippen LogP contribution in [0.15, 0.2) is 60.7 Å². The van der Waals surface area contributed by atoms with Crippen LogP contribution < -0.4 is 10.6 Å². The summed E-state index contributed by atoms with van der Waals surface area (Å²) in [6.45, 7) is 6.02. The molecule has 0 aliphatic carbocycles. The van der Waals surface area contributed by atoms with Crippen LogP contribution in [0.4, 0.5) is 5.82 Å². The largest absolute Gasteiger partial charge is 0.310 e. The minimum atomic E-state index is -0.186. The molecular weight excluding hydrogens is 348 g/mol. The fourth-order valence-corrected chi connectivity index (χ4v) is 3.24. The van der Waals surface area contributed by atoms with E-state index in [1.54, 1.807) is 0 Å². The molecule has 1 amide bonds. The van der Waals surface area contributed by atoms with Gasteiger partial charge in [-0.05, 0) is 44.0 Å². The Morgan fingerprint density at radius 2 is 1.68 bits per heavy atom. The van der Waals surface area contributed by atoms with Crippen molar-refractivity contribution in [2.24, 2.45) is 0 Å². The monoisotopic (exact) mass is 372 g/mol. The van der Waals surface area contributed by atoms with E-state index in [0.29, 0.717) is 11.4 Å². The van der Waals surface area contributed by atoms with Gasteiger partial charge >= 0.3 is 0 Å². The van der Waals surface area contributed by atoms with Gasteiger partial charge in [0.05, 0.1) is 12.1 Å². The van der Waals surface area contributed by atoms with Crippen LogP contribution in [0.3, 0.4) is 0 Å². The summed E-state index contributed by atoms with van der Waals surface area (Å²) in [5, 5.41) is 15.8. The van der Waals surface area contributed by atoms with Crippen molar-refractivity contribution in [3.8, 4) is 11.8 Å². The lowest BCUT2D eigenvalue weighted by Gasteiger charge is -2.16. The summed E-state index contributed by atoms with van der Waals surface area (Å²) < 4.78 is 1.92. The molecule has 0 spiro atoms. The van der Waals surface area contributed by atoms with Gasteiger partial charge in [-0.3, -0.25) is 9.36 Å². The van der Waals surface area contributed by atoms with Crippen molar-refractivity contribution in [1.29, 1.82) is 5.26 Å². The van der Waals surface area contributed by atoms with Crippen molar-refractivity contribution >= 4 is 11.7 Å². The van der Waals surface area contributed by atoms with Gasteiger partial charge in [-0.15, -0.1) is 0 Å². The summed E-state index contributed by atoms with van der Waals surface area (Å²) in [4.78, 5) is 12.6. The van der Waals surface area contributed by atoms with Crippen LogP contribution in [0, 0.1) is 25.2 Å². The number of carbonyl (C=O) groups excluding carboxylic acids is 1. The molecule has 1 atom stereocenters. The first-order chi connectivity index (χ1) is 13.5. The fourth-order valence-electron chi connectivity index (χ4n) is 3.24. The van der Waals surface area contributed by atoms with E-state index in [4.69, 9.17) is 0 Å². The molecule has 3 aromatic rings. The Morgan fingerprint density at radius 3 is 2.29 bits per heavy atom. The summed E-state index contributed by atoms with van der Waals surface area (Å²) in [7, 11) is 0. The van der Waals surface area contributed by atoms with Crippen LogP contribution in [0.25, 0.3) is 5.69 Å². The van der Waals surface area contributed by atoms with E-state index in [1.807, 2.05) is 86.0 Å². The van der Waals surface area contributed by atoms with Crippen molar-refractivity contribution in [2.75, 3.05) is 11.9 Å². The van der Waals surface area contributed by atoms with Gasteiger partial charge in [0.15, 0.2) is 0 Å². The Kier molecular flexibility index (Phi) is 5.93. The molecule has 0 aliphatic rings. The number of anilines is 1. The van der Waals surface area contributed by atoms with E-state index in [-0.39, 0.29) is 18.5 Å². The summed E-state index contributed by atoms with van der Waals surface area (Å²) in [6.07, 6.45) is 0. The number of nitriles is 1. The molecule has 0 bridgehead atoms. The second-order valence-electron chi connectivity index (χ2n) is 6.78. The van der Waals surface area contributed by atoms with Crippen LogP contribution in [0.1, 0.15) is 35.3 Å². The van der Waals surface area contributed by atoms with Crippen molar-refractivity contribution in [3.63, 3.8) is 0 Å². The normalized spacial score (nSPS) is 11.6. The third-order valence-electron chi connectivity index (χ3n) is 4.97. The molecule has 1 unspecified atom stereocenters. The van der Waals surface area contributed by atoms with Crippen LogP contribution in [-0.4, -0.2) is 17.0 Å². The number of carbonyl (C=O) groups is 1. The van der Waals surface area contributed by atoms with Crippen LogP contribution >= 0.6 is 0 Å². The maximum Gasteiger partial charge on any atom is 0.239 e. The van der Waals surface area contributed by atoms with E-state index >= 15 is 0 Å². The molecule has 3 rings (SSSR count). The first kappa shape index (κ1) is 19.4. The van der Waals surface area contributed by atoms with Gasteiger partial charge in [0.25, 0.3) is 0 Å². The van der Waals surface area contributed by atoms with Crippen LogP contribution in [0.2, 0.25) is 0 Å². The highest BCUT2D eigenvalue weighted by molar-refractivity contribution is 5.93. The summed E-state index contributed by atoms with van der Waals surface area (Å²) in [6, 6.07) is 22.0. The van der Waals surface area contributed by atoms with Crippen LogP contribution in [-0.2, 0) is 4.79 Å². The quantitative estimate of drug-likeness (QED) is 0.679. The highest BCUT2D eigenvalue weighted by Crippen LogP contribution is 2.29. The molecule has 0 aliphatic heterocycles. The van der Waals surface area contributed by atoms with Crippen molar-refractivity contribution < 1.29 is 4.79 Å². The molecule has 142 valence electrons. The third-order valence-corrected chi connectivity index (χ3v) is 4.97. The smallest absolute Gasteiger partial charge is 0.239 e. The zero-order valence-electron chi connectivity index (χ0n) is 16.4. The number of hydrogen-bond acceptors (Lipinski definition) is 3. The van der Waals surface area contributed by atoms with Crippen LogP contribution in [0.5, 0.6) is 0 Å². The van der Waals surface area contributed by atoms with E-state index in [2.05, 4.69) is 16.7 Å². The highest BCUT2D eigenvalue weighted by atomic mass is 16.2. The van der Waals surface area contributed by atoms with Gasteiger partial charge in [0.2, 0.25) is 5.91 Å². The zero-order valence-corrected chi connectivity index (χ0v) is 16.4. The Morgan fingerprint density at radius 1 is 1.07 bits per heavy atom. The molecular formula is C23H24N4O.